The van der Waals surface area contributed by atoms with Crippen molar-refractivity contribution in [3.05, 3.63) is 70.3 Å². The van der Waals surface area contributed by atoms with E-state index in [1.165, 1.54) is 0 Å². The second-order valence-corrected chi connectivity index (χ2v) is 8.59. The highest BCUT2D eigenvalue weighted by molar-refractivity contribution is 5.78. The molecule has 4 rings (SSSR count). The fourth-order valence-electron chi connectivity index (χ4n) is 4.23. The average Bonchev–Trinajstić information content (AvgIpc) is 3.20. The lowest BCUT2D eigenvalue weighted by molar-refractivity contribution is -0.121. The first-order chi connectivity index (χ1) is 16.5. The number of fused-ring (bicyclic) bond motifs is 1. The summed E-state index contributed by atoms with van der Waals surface area (Å²) in [4.78, 5) is 30.5. The van der Waals surface area contributed by atoms with Crippen molar-refractivity contribution in [3.8, 4) is 11.8 Å². The summed E-state index contributed by atoms with van der Waals surface area (Å²) in [6.07, 6.45) is 1.60. The highest BCUT2D eigenvalue weighted by Crippen LogP contribution is 2.16. The Morgan fingerprint density at radius 2 is 1.97 bits per heavy atom. The van der Waals surface area contributed by atoms with Crippen molar-refractivity contribution in [1.82, 2.24) is 25.7 Å². The Morgan fingerprint density at radius 1 is 1.21 bits per heavy atom. The van der Waals surface area contributed by atoms with E-state index in [1.807, 2.05) is 49.4 Å². The number of carbonyl (C=O) groups is 1. The topological polar surface area (TPSA) is 138 Å². The van der Waals surface area contributed by atoms with Crippen molar-refractivity contribution in [2.24, 2.45) is 11.7 Å². The van der Waals surface area contributed by atoms with Gasteiger partial charge in [0.05, 0.1) is 34.7 Å². The maximum absolute atomic E-state index is 13.3. The molecule has 1 saturated heterocycles. The van der Waals surface area contributed by atoms with E-state index >= 15 is 0 Å². The first-order valence-electron chi connectivity index (χ1n) is 11.5. The van der Waals surface area contributed by atoms with Crippen LogP contribution >= 0.6 is 0 Å². The minimum absolute atomic E-state index is 0.0392. The number of rotatable bonds is 8. The van der Waals surface area contributed by atoms with Crippen LogP contribution in [0.5, 0.6) is 0 Å². The Morgan fingerprint density at radius 3 is 2.74 bits per heavy atom. The molecule has 1 amide bonds. The third-order valence-electron chi connectivity index (χ3n) is 6.13. The Bertz CT molecular complexity index is 1260. The number of nitriles is 1. The highest BCUT2D eigenvalue weighted by Gasteiger charge is 2.32. The number of benzene rings is 2. The molecule has 9 nitrogen and oxygen atoms in total. The van der Waals surface area contributed by atoms with Gasteiger partial charge in [0.15, 0.2) is 0 Å². The molecule has 1 fully saturated rings. The van der Waals surface area contributed by atoms with Crippen molar-refractivity contribution < 1.29 is 4.79 Å². The maximum atomic E-state index is 13.3. The number of hydrazine groups is 1. The summed E-state index contributed by atoms with van der Waals surface area (Å²) in [5.74, 6) is 0.145. The van der Waals surface area contributed by atoms with Crippen LogP contribution in [-0.2, 0) is 11.2 Å². The third kappa shape index (κ3) is 5.15. The molecule has 0 saturated carbocycles. The normalized spacial score (nSPS) is 19.7. The van der Waals surface area contributed by atoms with Gasteiger partial charge in [0, 0.05) is 25.4 Å². The molecule has 2 heterocycles. The zero-order chi connectivity index (χ0) is 24.1. The fraction of sp³-hybridized carbons (Fsp3) is 0.360. The number of aromatic nitrogens is 2. The van der Waals surface area contributed by atoms with Gasteiger partial charge in [-0.2, -0.15) is 5.26 Å². The van der Waals surface area contributed by atoms with E-state index < -0.39 is 0 Å². The first kappa shape index (κ1) is 23.6. The molecular formula is C25H29N7O2. The number of nitrogens with zero attached hydrogens (tertiary/aromatic N) is 3. The van der Waals surface area contributed by atoms with Crippen molar-refractivity contribution >= 4 is 16.8 Å². The van der Waals surface area contributed by atoms with Crippen LogP contribution in [0.4, 0.5) is 0 Å². The Hall–Kier alpha value is -3.58. The molecule has 3 unspecified atom stereocenters. The first-order valence-corrected chi connectivity index (χ1v) is 11.5. The predicted octanol–water partition coefficient (Wildman–Crippen LogP) is 1.42. The van der Waals surface area contributed by atoms with Gasteiger partial charge in [-0.25, -0.2) is 10.4 Å². The molecule has 1 aliphatic heterocycles. The largest absolute Gasteiger partial charge is 0.356 e. The van der Waals surface area contributed by atoms with Crippen molar-refractivity contribution in [3.63, 3.8) is 0 Å². The lowest BCUT2D eigenvalue weighted by Crippen LogP contribution is -2.38. The summed E-state index contributed by atoms with van der Waals surface area (Å²) in [6, 6.07) is 17.1. The van der Waals surface area contributed by atoms with Gasteiger partial charge in [-0.1, -0.05) is 29.8 Å². The zero-order valence-electron chi connectivity index (χ0n) is 19.1. The zero-order valence-corrected chi connectivity index (χ0v) is 19.1. The molecule has 3 atom stereocenters. The minimum atomic E-state index is -0.384. The van der Waals surface area contributed by atoms with Gasteiger partial charge in [-0.15, -0.1) is 0 Å². The summed E-state index contributed by atoms with van der Waals surface area (Å²) in [6.45, 7) is 2.49. The molecule has 0 radical (unpaired) electrons. The van der Waals surface area contributed by atoms with E-state index in [4.69, 9.17) is 10.7 Å². The lowest BCUT2D eigenvalue weighted by atomic mass is 9.97. The van der Waals surface area contributed by atoms with Crippen LogP contribution in [-0.4, -0.2) is 34.2 Å². The van der Waals surface area contributed by atoms with E-state index in [2.05, 4.69) is 22.2 Å². The van der Waals surface area contributed by atoms with Gasteiger partial charge in [0.2, 0.25) is 5.91 Å². The van der Waals surface area contributed by atoms with Crippen LogP contribution in [0.15, 0.2) is 53.3 Å². The molecule has 1 aliphatic rings. The number of hydrogen-bond acceptors (Lipinski definition) is 7. The number of aryl methyl sites for hydroxylation is 2. The van der Waals surface area contributed by atoms with Gasteiger partial charge in [0.25, 0.3) is 5.56 Å². The van der Waals surface area contributed by atoms with Crippen LogP contribution in [0.2, 0.25) is 0 Å². The van der Waals surface area contributed by atoms with Crippen LogP contribution in [0.25, 0.3) is 16.6 Å². The number of nitrogens with two attached hydrogens (primary N) is 1. The van der Waals surface area contributed by atoms with Gasteiger partial charge >= 0.3 is 0 Å². The number of hydrogen-bond donors (Lipinski definition) is 4. The van der Waals surface area contributed by atoms with E-state index in [9.17, 15) is 14.9 Å². The number of amides is 1. The molecule has 5 N–H and O–H groups in total. The number of carbonyl (C=O) groups excluding carboxylic acids is 1. The quantitative estimate of drug-likeness (QED) is 0.374. The Kier molecular flexibility index (Phi) is 7.33. The molecule has 0 spiro atoms. The fourth-order valence-corrected chi connectivity index (χ4v) is 4.23. The van der Waals surface area contributed by atoms with Gasteiger partial charge < -0.3 is 11.1 Å². The van der Waals surface area contributed by atoms with Crippen LogP contribution < -0.4 is 27.5 Å². The van der Waals surface area contributed by atoms with Gasteiger partial charge in [-0.3, -0.25) is 19.6 Å². The molecule has 1 aromatic heterocycles. The molecule has 2 aromatic carbocycles. The van der Waals surface area contributed by atoms with Gasteiger partial charge in [0.1, 0.15) is 5.82 Å². The molecule has 3 aromatic rings. The summed E-state index contributed by atoms with van der Waals surface area (Å²) in [5.41, 5.74) is 14.1. The van der Waals surface area contributed by atoms with E-state index in [-0.39, 0.29) is 36.0 Å². The molecular weight excluding hydrogens is 430 g/mol. The molecule has 0 bridgehead atoms. The van der Waals surface area contributed by atoms with E-state index in [0.29, 0.717) is 29.7 Å². The number of para-hydroxylation sites is 1. The molecule has 34 heavy (non-hydrogen) atoms. The number of nitrogens with one attached hydrogen (secondary N) is 3. The van der Waals surface area contributed by atoms with Crippen LogP contribution in [0.1, 0.15) is 30.7 Å². The summed E-state index contributed by atoms with van der Waals surface area (Å²) < 4.78 is 1.60. The minimum Gasteiger partial charge on any atom is -0.356 e. The summed E-state index contributed by atoms with van der Waals surface area (Å²) >= 11 is 0. The smallest absolute Gasteiger partial charge is 0.265 e. The highest BCUT2D eigenvalue weighted by atomic mass is 16.1. The Balaban J connectivity index is 1.41. The van der Waals surface area contributed by atoms with Crippen molar-refractivity contribution in [2.75, 3.05) is 6.54 Å². The maximum Gasteiger partial charge on any atom is 0.265 e. The SMILES string of the molecule is Cc1ccc(-n2c(CCC(=O)NCCCC3NNC(N)C3C#N)nc3ccccc3c2=O)cc1. The summed E-state index contributed by atoms with van der Waals surface area (Å²) in [7, 11) is 0. The second kappa shape index (κ2) is 10.6. The monoisotopic (exact) mass is 459 g/mol. The van der Waals surface area contributed by atoms with E-state index in [1.54, 1.807) is 10.6 Å². The Labute approximate surface area is 198 Å². The third-order valence-corrected chi connectivity index (χ3v) is 6.13. The van der Waals surface area contributed by atoms with Crippen LogP contribution in [0.3, 0.4) is 0 Å². The summed E-state index contributed by atoms with van der Waals surface area (Å²) in [5, 5.41) is 12.7. The van der Waals surface area contributed by atoms with Gasteiger partial charge in [-0.05, 0) is 44.0 Å². The average molecular weight is 460 g/mol. The lowest BCUT2D eigenvalue weighted by Gasteiger charge is -2.15. The molecule has 0 aliphatic carbocycles. The van der Waals surface area contributed by atoms with E-state index in [0.717, 1.165) is 24.1 Å². The van der Waals surface area contributed by atoms with Crippen molar-refractivity contribution in [2.45, 2.75) is 44.8 Å². The standard InChI is InChI=1S/C25H29N7O2/c1-16-8-10-17(11-9-16)32-22(29-20-6-3-2-5-18(20)25(32)34)12-13-23(33)28-14-4-7-21-19(15-26)24(27)31-30-21/h2-3,5-6,8-11,19,21,24,30-31H,4,7,12-14,27H2,1H3,(H,28,33). The second-order valence-electron chi connectivity index (χ2n) is 8.59. The predicted molar refractivity (Wildman–Crippen MR) is 130 cm³/mol. The molecule has 9 heteroatoms. The van der Waals surface area contributed by atoms with Crippen molar-refractivity contribution in [1.29, 1.82) is 5.26 Å². The molecule has 176 valence electrons. The van der Waals surface area contributed by atoms with Crippen LogP contribution in [0, 0.1) is 24.2 Å².